The van der Waals surface area contributed by atoms with Gasteiger partial charge in [-0.15, -0.1) is 0 Å². The topological polar surface area (TPSA) is 48.1 Å². The van der Waals surface area contributed by atoms with Crippen molar-refractivity contribution in [2.24, 2.45) is 5.73 Å². The predicted octanol–water partition coefficient (Wildman–Crippen LogP) is 3.33. The first-order valence-corrected chi connectivity index (χ1v) is 6.12. The Kier molecular flexibility index (Phi) is 4.18. The van der Waals surface area contributed by atoms with E-state index in [9.17, 15) is 0 Å². The average Bonchev–Trinajstić information content (AvgIpc) is 2.38. The minimum absolute atomic E-state index is 0.0982. The van der Waals surface area contributed by atoms with Crippen molar-refractivity contribution in [2.45, 2.75) is 19.6 Å². The molecule has 3 nitrogen and oxygen atoms in total. The van der Waals surface area contributed by atoms with Crippen molar-refractivity contribution in [3.8, 4) is 5.88 Å². The van der Waals surface area contributed by atoms with Crippen LogP contribution in [0.2, 0.25) is 5.02 Å². The lowest BCUT2D eigenvalue weighted by molar-refractivity contribution is 0.289. The normalized spacial score (nSPS) is 12.2. The Hall–Kier alpha value is -1.58. The first-order chi connectivity index (χ1) is 8.66. The molecule has 4 heteroatoms. The van der Waals surface area contributed by atoms with Crippen LogP contribution in [0.1, 0.15) is 24.1 Å². The molecule has 18 heavy (non-hydrogen) atoms. The Morgan fingerprint density at radius 2 is 2.00 bits per heavy atom. The number of rotatable bonds is 4. The Morgan fingerprint density at radius 3 is 2.67 bits per heavy atom. The van der Waals surface area contributed by atoms with Gasteiger partial charge in [-0.3, -0.25) is 0 Å². The molecular weight excluding hydrogens is 248 g/mol. The van der Waals surface area contributed by atoms with E-state index in [-0.39, 0.29) is 6.04 Å². The van der Waals surface area contributed by atoms with Crippen LogP contribution >= 0.6 is 11.6 Å². The number of hydrogen-bond acceptors (Lipinski definition) is 3. The second-order valence-electron chi connectivity index (χ2n) is 4.10. The molecule has 0 aliphatic carbocycles. The van der Waals surface area contributed by atoms with Crippen LogP contribution in [0.25, 0.3) is 0 Å². The van der Waals surface area contributed by atoms with E-state index in [1.165, 1.54) is 0 Å². The first kappa shape index (κ1) is 12.9. The van der Waals surface area contributed by atoms with Crippen LogP contribution in [0, 0.1) is 0 Å². The maximum Gasteiger partial charge on any atom is 0.218 e. The van der Waals surface area contributed by atoms with Gasteiger partial charge in [-0.25, -0.2) is 4.98 Å². The highest BCUT2D eigenvalue weighted by Gasteiger charge is 2.08. The van der Waals surface area contributed by atoms with Crippen molar-refractivity contribution in [1.29, 1.82) is 0 Å². The fraction of sp³-hybridized carbons (Fsp3) is 0.214. The second kappa shape index (κ2) is 5.85. The molecule has 0 spiro atoms. The van der Waals surface area contributed by atoms with E-state index >= 15 is 0 Å². The molecule has 1 heterocycles. The number of hydrogen-bond donors (Lipinski definition) is 1. The summed E-state index contributed by atoms with van der Waals surface area (Å²) < 4.78 is 5.69. The summed E-state index contributed by atoms with van der Waals surface area (Å²) >= 11 is 5.83. The maximum absolute atomic E-state index is 5.87. The summed E-state index contributed by atoms with van der Waals surface area (Å²) in [4.78, 5) is 4.20. The zero-order chi connectivity index (χ0) is 13.0. The molecule has 1 atom stereocenters. The van der Waals surface area contributed by atoms with E-state index in [0.717, 1.165) is 11.1 Å². The molecule has 2 N–H and O–H groups in total. The third kappa shape index (κ3) is 3.22. The summed E-state index contributed by atoms with van der Waals surface area (Å²) in [5, 5.41) is 0.716. The van der Waals surface area contributed by atoms with E-state index in [1.54, 1.807) is 6.20 Å². The second-order valence-corrected chi connectivity index (χ2v) is 4.54. The molecule has 0 bridgehead atoms. The fourth-order valence-electron chi connectivity index (χ4n) is 1.60. The minimum atomic E-state index is -0.0982. The third-order valence-electron chi connectivity index (χ3n) is 2.58. The number of aromatic nitrogens is 1. The standard InChI is InChI=1S/C14H15ClN2O/c1-10(16)13-3-2-8-17-14(13)18-9-11-4-6-12(15)7-5-11/h2-8,10H,9,16H2,1H3/t10-/m0/s1. The van der Waals surface area contributed by atoms with Crippen LogP contribution in [0.15, 0.2) is 42.6 Å². The number of nitrogens with two attached hydrogens (primary N) is 1. The quantitative estimate of drug-likeness (QED) is 0.919. The zero-order valence-corrected chi connectivity index (χ0v) is 10.9. The molecule has 0 unspecified atom stereocenters. The molecule has 0 amide bonds. The van der Waals surface area contributed by atoms with E-state index in [0.29, 0.717) is 17.5 Å². The molecule has 0 saturated heterocycles. The minimum Gasteiger partial charge on any atom is -0.473 e. The van der Waals surface area contributed by atoms with Crippen molar-refractivity contribution in [2.75, 3.05) is 0 Å². The van der Waals surface area contributed by atoms with Gasteiger partial charge in [0.2, 0.25) is 5.88 Å². The van der Waals surface area contributed by atoms with Crippen LogP contribution in [0.5, 0.6) is 5.88 Å². The van der Waals surface area contributed by atoms with Crippen LogP contribution in [0.4, 0.5) is 0 Å². The zero-order valence-electron chi connectivity index (χ0n) is 10.1. The molecule has 0 saturated carbocycles. The summed E-state index contributed by atoms with van der Waals surface area (Å²) in [6, 6.07) is 11.2. The summed E-state index contributed by atoms with van der Waals surface area (Å²) in [5.74, 6) is 0.586. The van der Waals surface area contributed by atoms with Gasteiger partial charge >= 0.3 is 0 Å². The Labute approximate surface area is 112 Å². The molecule has 94 valence electrons. The lowest BCUT2D eigenvalue weighted by Gasteiger charge is -2.12. The van der Waals surface area contributed by atoms with Gasteiger partial charge in [0, 0.05) is 22.8 Å². The van der Waals surface area contributed by atoms with Gasteiger partial charge < -0.3 is 10.5 Å². The van der Waals surface area contributed by atoms with Gasteiger partial charge in [-0.05, 0) is 30.7 Å². The largest absolute Gasteiger partial charge is 0.473 e. The summed E-state index contributed by atoms with van der Waals surface area (Å²) in [6.07, 6.45) is 1.70. The first-order valence-electron chi connectivity index (χ1n) is 5.74. The van der Waals surface area contributed by atoms with Gasteiger partial charge in [0.1, 0.15) is 6.61 Å². The molecule has 0 fully saturated rings. The van der Waals surface area contributed by atoms with Crippen LogP contribution < -0.4 is 10.5 Å². The number of benzene rings is 1. The van der Waals surface area contributed by atoms with E-state index < -0.39 is 0 Å². The molecular formula is C14H15ClN2O. The molecule has 2 rings (SSSR count). The molecule has 0 radical (unpaired) electrons. The SMILES string of the molecule is C[C@H](N)c1cccnc1OCc1ccc(Cl)cc1. The number of ether oxygens (including phenoxy) is 1. The van der Waals surface area contributed by atoms with E-state index in [4.69, 9.17) is 22.1 Å². The van der Waals surface area contributed by atoms with E-state index in [1.807, 2.05) is 43.3 Å². The Bertz CT molecular complexity index is 511. The van der Waals surface area contributed by atoms with Crippen molar-refractivity contribution in [3.05, 3.63) is 58.7 Å². The van der Waals surface area contributed by atoms with Crippen LogP contribution in [-0.2, 0) is 6.61 Å². The van der Waals surface area contributed by atoms with Gasteiger partial charge in [-0.2, -0.15) is 0 Å². The molecule has 0 aliphatic rings. The fourth-order valence-corrected chi connectivity index (χ4v) is 1.73. The summed E-state index contributed by atoms with van der Waals surface area (Å²) in [5.41, 5.74) is 7.82. The van der Waals surface area contributed by atoms with Crippen molar-refractivity contribution in [1.82, 2.24) is 4.98 Å². The molecule has 1 aromatic heterocycles. The van der Waals surface area contributed by atoms with Gasteiger partial charge in [-0.1, -0.05) is 29.8 Å². The molecule has 2 aromatic rings. The predicted molar refractivity (Wildman–Crippen MR) is 72.6 cm³/mol. The van der Waals surface area contributed by atoms with Crippen molar-refractivity contribution in [3.63, 3.8) is 0 Å². The van der Waals surface area contributed by atoms with Crippen LogP contribution in [-0.4, -0.2) is 4.98 Å². The summed E-state index contributed by atoms with van der Waals surface area (Å²) in [6.45, 7) is 2.36. The van der Waals surface area contributed by atoms with Gasteiger partial charge in [0.05, 0.1) is 0 Å². The lowest BCUT2D eigenvalue weighted by Crippen LogP contribution is -2.09. The number of pyridine rings is 1. The summed E-state index contributed by atoms with van der Waals surface area (Å²) in [7, 11) is 0. The lowest BCUT2D eigenvalue weighted by atomic mass is 10.1. The third-order valence-corrected chi connectivity index (χ3v) is 2.83. The van der Waals surface area contributed by atoms with Crippen LogP contribution in [0.3, 0.4) is 0 Å². The monoisotopic (exact) mass is 262 g/mol. The highest BCUT2D eigenvalue weighted by atomic mass is 35.5. The maximum atomic E-state index is 5.87. The number of halogens is 1. The molecule has 1 aromatic carbocycles. The van der Waals surface area contributed by atoms with Crippen molar-refractivity contribution >= 4 is 11.6 Å². The smallest absolute Gasteiger partial charge is 0.218 e. The van der Waals surface area contributed by atoms with Crippen molar-refractivity contribution < 1.29 is 4.74 Å². The van der Waals surface area contributed by atoms with E-state index in [2.05, 4.69) is 4.98 Å². The number of nitrogens with zero attached hydrogens (tertiary/aromatic N) is 1. The van der Waals surface area contributed by atoms with Gasteiger partial charge in [0.25, 0.3) is 0 Å². The Morgan fingerprint density at radius 1 is 1.28 bits per heavy atom. The average molecular weight is 263 g/mol. The Balaban J connectivity index is 2.08. The highest BCUT2D eigenvalue weighted by Crippen LogP contribution is 2.21. The highest BCUT2D eigenvalue weighted by molar-refractivity contribution is 6.30. The molecule has 0 aliphatic heterocycles. The van der Waals surface area contributed by atoms with Gasteiger partial charge in [0.15, 0.2) is 0 Å².